The monoisotopic (exact) mass is 374 g/mol. The molecule has 0 atom stereocenters. The number of aromatic nitrogens is 2. The number of terminal acetylenes is 1. The van der Waals surface area contributed by atoms with Gasteiger partial charge < -0.3 is 4.52 Å². The first-order valence-electron chi connectivity index (χ1n) is 6.78. The van der Waals surface area contributed by atoms with Crippen molar-refractivity contribution >= 4 is 10.2 Å². The number of hydrogen-bond acceptors (Lipinski definition) is 5. The van der Waals surface area contributed by atoms with Crippen LogP contribution in [0.5, 0.6) is 0 Å². The number of halogens is 3. The van der Waals surface area contributed by atoms with Gasteiger partial charge in [-0.2, -0.15) is 35.6 Å². The zero-order chi connectivity index (χ0) is 18.7. The second-order valence-electron chi connectivity index (χ2n) is 4.90. The lowest BCUT2D eigenvalue weighted by Gasteiger charge is -2.16. The highest BCUT2D eigenvalue weighted by Crippen LogP contribution is 2.29. The molecule has 1 aromatic heterocycles. The van der Waals surface area contributed by atoms with Crippen LogP contribution in [-0.4, -0.2) is 36.5 Å². The molecule has 0 aliphatic heterocycles. The minimum Gasteiger partial charge on any atom is -0.329 e. The second-order valence-corrected chi connectivity index (χ2v) is 6.77. The summed E-state index contributed by atoms with van der Waals surface area (Å²) >= 11 is 0. The minimum atomic E-state index is -4.71. The van der Waals surface area contributed by atoms with E-state index in [1.165, 1.54) is 19.2 Å². The molecule has 0 saturated carbocycles. The van der Waals surface area contributed by atoms with Crippen molar-refractivity contribution < 1.29 is 26.1 Å². The van der Waals surface area contributed by atoms with Gasteiger partial charge in [0.05, 0.1) is 6.54 Å². The molecule has 0 aliphatic carbocycles. The van der Waals surface area contributed by atoms with E-state index in [-0.39, 0.29) is 18.9 Å². The van der Waals surface area contributed by atoms with Crippen LogP contribution in [-0.2, 0) is 22.9 Å². The summed E-state index contributed by atoms with van der Waals surface area (Å²) in [6.07, 6.45) is 0.289. The highest BCUT2D eigenvalue weighted by Gasteiger charge is 2.38. The number of alkyl halides is 3. The maximum absolute atomic E-state index is 12.4. The largest absolute Gasteiger partial charge is 0.471 e. The van der Waals surface area contributed by atoms with E-state index in [0.29, 0.717) is 11.1 Å². The average molecular weight is 374 g/mol. The molecule has 11 heteroatoms. The standard InChI is InChI=1S/C14H13F3N4O3S/c1-3-8-18-25(22,23)21(2)9-10-4-6-11(7-5-10)12-19-13(24-20-12)14(15,16)17/h1,4-7,18H,8-9H2,2H3. The van der Waals surface area contributed by atoms with E-state index in [9.17, 15) is 21.6 Å². The van der Waals surface area contributed by atoms with Gasteiger partial charge in [-0.15, -0.1) is 6.42 Å². The summed E-state index contributed by atoms with van der Waals surface area (Å²) in [5.74, 6) is 0.515. The molecule has 0 radical (unpaired) electrons. The van der Waals surface area contributed by atoms with Gasteiger partial charge in [-0.05, 0) is 5.56 Å². The molecule has 0 amide bonds. The highest BCUT2D eigenvalue weighted by molar-refractivity contribution is 7.87. The molecular formula is C14H13F3N4O3S. The Bertz CT molecular complexity index is 870. The van der Waals surface area contributed by atoms with Gasteiger partial charge >= 0.3 is 12.1 Å². The molecule has 0 saturated heterocycles. The molecule has 1 N–H and O–H groups in total. The fourth-order valence-corrected chi connectivity index (χ4v) is 2.61. The lowest BCUT2D eigenvalue weighted by Crippen LogP contribution is -2.37. The lowest BCUT2D eigenvalue weighted by atomic mass is 10.1. The Labute approximate surface area is 142 Å². The van der Waals surface area contributed by atoms with Gasteiger partial charge in [-0.1, -0.05) is 35.3 Å². The molecule has 0 bridgehead atoms. The highest BCUT2D eigenvalue weighted by atomic mass is 32.2. The molecule has 2 rings (SSSR count). The van der Waals surface area contributed by atoms with Gasteiger partial charge in [0.1, 0.15) is 0 Å². The van der Waals surface area contributed by atoms with Gasteiger partial charge in [-0.25, -0.2) is 0 Å². The summed E-state index contributed by atoms with van der Waals surface area (Å²) in [7, 11) is -2.36. The SMILES string of the molecule is C#CCNS(=O)(=O)N(C)Cc1ccc(-c2noc(C(F)(F)F)n2)cc1. The van der Waals surface area contributed by atoms with E-state index in [4.69, 9.17) is 6.42 Å². The number of rotatable bonds is 6. The number of benzene rings is 1. The van der Waals surface area contributed by atoms with Crippen molar-refractivity contribution in [2.45, 2.75) is 12.7 Å². The maximum atomic E-state index is 12.4. The fraction of sp³-hybridized carbons (Fsp3) is 0.286. The molecule has 134 valence electrons. The summed E-state index contributed by atoms with van der Waals surface area (Å²) < 4.78 is 68.5. The van der Waals surface area contributed by atoms with E-state index in [0.717, 1.165) is 4.31 Å². The first-order valence-corrected chi connectivity index (χ1v) is 8.22. The van der Waals surface area contributed by atoms with Gasteiger partial charge in [0, 0.05) is 19.2 Å². The van der Waals surface area contributed by atoms with E-state index in [1.807, 2.05) is 0 Å². The summed E-state index contributed by atoms with van der Waals surface area (Å²) in [5, 5.41) is 3.28. The Kier molecular flexibility index (Phi) is 5.46. The Balaban J connectivity index is 2.10. The Hall–Kier alpha value is -2.42. The van der Waals surface area contributed by atoms with E-state index in [1.54, 1.807) is 12.1 Å². The maximum Gasteiger partial charge on any atom is 0.471 e. The zero-order valence-corrected chi connectivity index (χ0v) is 13.7. The quantitative estimate of drug-likeness (QED) is 0.777. The van der Waals surface area contributed by atoms with Crippen LogP contribution in [0, 0.1) is 12.3 Å². The third-order valence-corrected chi connectivity index (χ3v) is 4.51. The predicted octanol–water partition coefficient (Wildman–Crippen LogP) is 1.65. The van der Waals surface area contributed by atoms with Crippen LogP contribution >= 0.6 is 0 Å². The van der Waals surface area contributed by atoms with Crippen LogP contribution < -0.4 is 4.72 Å². The van der Waals surface area contributed by atoms with E-state index < -0.39 is 22.3 Å². The summed E-state index contributed by atoms with van der Waals surface area (Å²) in [4.78, 5) is 3.28. The molecule has 0 aliphatic rings. The molecule has 0 spiro atoms. The Morgan fingerprint density at radius 1 is 1.32 bits per heavy atom. The molecular weight excluding hydrogens is 361 g/mol. The van der Waals surface area contributed by atoms with Crippen LogP contribution in [0.1, 0.15) is 11.5 Å². The smallest absolute Gasteiger partial charge is 0.329 e. The number of nitrogens with one attached hydrogen (secondary N) is 1. The zero-order valence-electron chi connectivity index (χ0n) is 12.9. The fourth-order valence-electron chi connectivity index (χ4n) is 1.80. The van der Waals surface area contributed by atoms with E-state index in [2.05, 4.69) is 25.3 Å². The van der Waals surface area contributed by atoms with Gasteiger partial charge in [-0.3, -0.25) is 0 Å². The molecule has 0 unspecified atom stereocenters. The predicted molar refractivity (Wildman–Crippen MR) is 82.0 cm³/mol. The van der Waals surface area contributed by atoms with Crippen molar-refractivity contribution in [2.75, 3.05) is 13.6 Å². The van der Waals surface area contributed by atoms with Crippen molar-refractivity contribution in [2.24, 2.45) is 0 Å². The van der Waals surface area contributed by atoms with Crippen LogP contribution in [0.2, 0.25) is 0 Å². The van der Waals surface area contributed by atoms with Crippen molar-refractivity contribution in [1.29, 1.82) is 0 Å². The molecule has 1 heterocycles. The first kappa shape index (κ1) is 18.9. The average Bonchev–Trinajstić information content (AvgIpc) is 3.04. The third-order valence-electron chi connectivity index (χ3n) is 3.05. The lowest BCUT2D eigenvalue weighted by molar-refractivity contribution is -0.159. The minimum absolute atomic E-state index is 0.0419. The van der Waals surface area contributed by atoms with Crippen molar-refractivity contribution in [3.8, 4) is 23.7 Å². The molecule has 0 fully saturated rings. The summed E-state index contributed by atoms with van der Waals surface area (Å²) in [5.41, 5.74) is 0.913. The third kappa shape index (κ3) is 4.79. The Morgan fingerprint density at radius 3 is 2.48 bits per heavy atom. The van der Waals surface area contributed by atoms with Gasteiger partial charge in [0.15, 0.2) is 0 Å². The summed E-state index contributed by atoms with van der Waals surface area (Å²) in [6, 6.07) is 6.03. The van der Waals surface area contributed by atoms with E-state index >= 15 is 0 Å². The normalized spacial score (nSPS) is 12.3. The molecule has 2 aromatic rings. The van der Waals surface area contributed by atoms with Crippen molar-refractivity contribution in [3.63, 3.8) is 0 Å². The summed E-state index contributed by atoms with van der Waals surface area (Å²) in [6.45, 7) is -0.0921. The molecule has 1 aromatic carbocycles. The van der Waals surface area contributed by atoms with Crippen LogP contribution in [0.4, 0.5) is 13.2 Å². The van der Waals surface area contributed by atoms with Crippen molar-refractivity contribution in [1.82, 2.24) is 19.2 Å². The topological polar surface area (TPSA) is 88.3 Å². The van der Waals surface area contributed by atoms with Gasteiger partial charge in [0.25, 0.3) is 10.2 Å². The van der Waals surface area contributed by atoms with Crippen LogP contribution in [0.25, 0.3) is 11.4 Å². The number of nitrogens with zero attached hydrogens (tertiary/aromatic N) is 3. The first-order chi connectivity index (χ1) is 11.6. The molecule has 25 heavy (non-hydrogen) atoms. The van der Waals surface area contributed by atoms with Crippen LogP contribution in [0.15, 0.2) is 28.8 Å². The second kappa shape index (κ2) is 7.22. The molecule has 7 nitrogen and oxygen atoms in total. The number of hydrogen-bond donors (Lipinski definition) is 1. The van der Waals surface area contributed by atoms with Crippen molar-refractivity contribution in [3.05, 3.63) is 35.7 Å². The Morgan fingerprint density at radius 2 is 1.96 bits per heavy atom. The van der Waals surface area contributed by atoms with Crippen LogP contribution in [0.3, 0.4) is 0 Å². The van der Waals surface area contributed by atoms with Gasteiger partial charge in [0.2, 0.25) is 5.82 Å².